The molecule has 0 radical (unpaired) electrons. The Hall–Kier alpha value is -3.45. The largest absolute Gasteiger partial charge is 0.360 e. The first kappa shape index (κ1) is 19.8. The molecule has 2 aromatic heterocycles. The number of aromatic nitrogens is 2. The number of carbonyl (C=O) groups excluding carboxylic acids is 1. The van der Waals surface area contributed by atoms with Gasteiger partial charge in [-0.2, -0.15) is 4.72 Å². The number of amides is 1. The number of nitrogens with zero attached hydrogens (tertiary/aromatic N) is 1. The third-order valence-corrected chi connectivity index (χ3v) is 6.56. The summed E-state index contributed by atoms with van der Waals surface area (Å²) in [6.07, 6.45) is 6.96. The number of anilines is 1. The lowest BCUT2D eigenvalue weighted by molar-refractivity contribution is 0.102. The Morgan fingerprint density at radius 2 is 1.93 bits per heavy atom. The van der Waals surface area contributed by atoms with Gasteiger partial charge in [-0.25, -0.2) is 13.4 Å². The van der Waals surface area contributed by atoms with Crippen LogP contribution in [-0.2, 0) is 10.0 Å². The predicted octanol–water partition coefficient (Wildman–Crippen LogP) is 3.46. The van der Waals surface area contributed by atoms with Gasteiger partial charge in [0, 0.05) is 33.6 Å². The molecule has 0 saturated carbocycles. The van der Waals surface area contributed by atoms with E-state index in [1.807, 2.05) is 35.8 Å². The molecule has 0 aliphatic heterocycles. The molecule has 30 heavy (non-hydrogen) atoms. The number of aromatic amines is 1. The van der Waals surface area contributed by atoms with E-state index in [0.29, 0.717) is 10.7 Å². The van der Waals surface area contributed by atoms with Crippen LogP contribution in [0.5, 0.6) is 0 Å². The van der Waals surface area contributed by atoms with Crippen molar-refractivity contribution in [1.82, 2.24) is 14.7 Å². The first-order valence-corrected chi connectivity index (χ1v) is 11.2. The van der Waals surface area contributed by atoms with Crippen molar-refractivity contribution < 1.29 is 13.2 Å². The van der Waals surface area contributed by atoms with Crippen LogP contribution in [0.3, 0.4) is 0 Å². The fourth-order valence-corrected chi connectivity index (χ4v) is 4.55. The summed E-state index contributed by atoms with van der Waals surface area (Å²) in [5.41, 5.74) is 3.04. The smallest absolute Gasteiger partial charge is 0.257 e. The van der Waals surface area contributed by atoms with Crippen LogP contribution < -0.4 is 10.0 Å². The molecule has 0 aliphatic rings. The van der Waals surface area contributed by atoms with Crippen molar-refractivity contribution in [2.75, 3.05) is 11.9 Å². The maximum atomic E-state index is 12.5. The van der Waals surface area contributed by atoms with Crippen LogP contribution in [0.2, 0.25) is 0 Å². The molecule has 7 nitrogen and oxygen atoms in total. The Morgan fingerprint density at radius 1 is 1.17 bits per heavy atom. The van der Waals surface area contributed by atoms with Crippen LogP contribution in [0.1, 0.15) is 10.4 Å². The molecule has 0 spiro atoms. The number of rotatable bonds is 6. The predicted molar refractivity (Wildman–Crippen MR) is 118 cm³/mol. The van der Waals surface area contributed by atoms with Gasteiger partial charge < -0.3 is 4.98 Å². The molecule has 150 valence electrons. The number of H-pyrrole nitrogens is 1. The highest BCUT2D eigenvalue weighted by Gasteiger charge is 2.15. The summed E-state index contributed by atoms with van der Waals surface area (Å²) in [6, 6.07) is 13.5. The third kappa shape index (κ3) is 3.97. The van der Waals surface area contributed by atoms with Gasteiger partial charge in [-0.05, 0) is 30.3 Å². The number of para-hydroxylation sites is 1. The van der Waals surface area contributed by atoms with Gasteiger partial charge in [0.2, 0.25) is 10.0 Å². The van der Waals surface area contributed by atoms with Crippen molar-refractivity contribution in [3.05, 3.63) is 65.7 Å². The average molecular weight is 437 g/mol. The summed E-state index contributed by atoms with van der Waals surface area (Å²) in [4.78, 5) is 20.3. The molecule has 3 N–H and O–H groups in total. The highest BCUT2D eigenvalue weighted by Crippen LogP contribution is 2.31. The molecule has 9 heteroatoms. The molecule has 4 aromatic rings. The normalized spacial score (nSPS) is 11.3. The standard InChI is InChI=1S/C21H16N4O3S2/c1-2-11-23-30(27,28)15-9-7-14(8-10-15)20(26)25-21-24-19(13-29-21)17-12-22-18-6-4-3-5-16(17)18/h1,3-10,12-13,22-23H,11H2,(H,24,25,26). The minimum absolute atomic E-state index is 0.0326. The van der Waals surface area contributed by atoms with Crippen molar-refractivity contribution in [2.45, 2.75) is 4.90 Å². The van der Waals surface area contributed by atoms with Gasteiger partial charge in [0.15, 0.2) is 5.13 Å². The number of carbonyl (C=O) groups is 1. The summed E-state index contributed by atoms with van der Waals surface area (Å²) >= 11 is 1.31. The topological polar surface area (TPSA) is 104 Å². The molecule has 0 bridgehead atoms. The van der Waals surface area contributed by atoms with Crippen molar-refractivity contribution in [3.8, 4) is 23.6 Å². The zero-order chi connectivity index (χ0) is 21.1. The van der Waals surface area contributed by atoms with Gasteiger partial charge in [0.05, 0.1) is 17.1 Å². The minimum atomic E-state index is -3.70. The molecule has 2 aromatic carbocycles. The van der Waals surface area contributed by atoms with Crippen LogP contribution in [-0.4, -0.2) is 30.8 Å². The van der Waals surface area contributed by atoms with Gasteiger partial charge in [-0.1, -0.05) is 24.1 Å². The molecule has 0 fully saturated rings. The summed E-state index contributed by atoms with van der Waals surface area (Å²) in [5.74, 6) is 1.83. The SMILES string of the molecule is C#CCNS(=O)(=O)c1ccc(C(=O)Nc2nc(-c3c[nH]c4ccccc34)cs2)cc1. The number of hydrogen-bond acceptors (Lipinski definition) is 5. The lowest BCUT2D eigenvalue weighted by atomic mass is 10.1. The maximum absolute atomic E-state index is 12.5. The fraction of sp³-hybridized carbons (Fsp3) is 0.0476. The second-order valence-electron chi connectivity index (χ2n) is 6.29. The number of sulfonamides is 1. The summed E-state index contributed by atoms with van der Waals surface area (Å²) in [7, 11) is -3.70. The summed E-state index contributed by atoms with van der Waals surface area (Å²) < 4.78 is 26.4. The maximum Gasteiger partial charge on any atom is 0.257 e. The first-order valence-electron chi connectivity index (χ1n) is 8.84. The van der Waals surface area contributed by atoms with Crippen molar-refractivity contribution in [3.63, 3.8) is 0 Å². The average Bonchev–Trinajstić information content (AvgIpc) is 3.39. The van der Waals surface area contributed by atoms with E-state index in [-0.39, 0.29) is 17.3 Å². The van der Waals surface area contributed by atoms with E-state index in [9.17, 15) is 13.2 Å². The van der Waals surface area contributed by atoms with E-state index < -0.39 is 10.0 Å². The zero-order valence-corrected chi connectivity index (χ0v) is 17.2. The van der Waals surface area contributed by atoms with Crippen LogP contribution in [0.25, 0.3) is 22.2 Å². The molecular weight excluding hydrogens is 420 g/mol. The zero-order valence-electron chi connectivity index (χ0n) is 15.5. The van der Waals surface area contributed by atoms with Crippen LogP contribution in [0.4, 0.5) is 5.13 Å². The molecule has 0 saturated heterocycles. The molecule has 1 amide bonds. The van der Waals surface area contributed by atoms with E-state index in [4.69, 9.17) is 6.42 Å². The van der Waals surface area contributed by atoms with E-state index in [0.717, 1.165) is 22.2 Å². The monoisotopic (exact) mass is 436 g/mol. The van der Waals surface area contributed by atoms with E-state index in [2.05, 4.69) is 25.9 Å². The van der Waals surface area contributed by atoms with E-state index in [1.54, 1.807) is 0 Å². The van der Waals surface area contributed by atoms with Gasteiger partial charge in [-0.15, -0.1) is 17.8 Å². The van der Waals surface area contributed by atoms with Crippen LogP contribution in [0, 0.1) is 12.3 Å². The van der Waals surface area contributed by atoms with Gasteiger partial charge in [-0.3, -0.25) is 10.1 Å². The number of benzene rings is 2. The van der Waals surface area contributed by atoms with Gasteiger partial charge in [0.1, 0.15) is 0 Å². The van der Waals surface area contributed by atoms with Gasteiger partial charge in [0.25, 0.3) is 5.91 Å². The lowest BCUT2D eigenvalue weighted by Gasteiger charge is -2.05. The van der Waals surface area contributed by atoms with Crippen LogP contribution in [0.15, 0.2) is 65.0 Å². The van der Waals surface area contributed by atoms with E-state index >= 15 is 0 Å². The van der Waals surface area contributed by atoms with Gasteiger partial charge >= 0.3 is 0 Å². The quantitative estimate of drug-likeness (QED) is 0.403. The molecule has 0 unspecified atom stereocenters. The van der Waals surface area contributed by atoms with Crippen molar-refractivity contribution in [2.24, 2.45) is 0 Å². The molecule has 0 atom stereocenters. The number of hydrogen-bond donors (Lipinski definition) is 3. The Kier molecular flexibility index (Phi) is 5.37. The molecule has 0 aliphatic carbocycles. The number of nitrogens with one attached hydrogen (secondary N) is 3. The number of thiazole rings is 1. The fourth-order valence-electron chi connectivity index (χ4n) is 2.91. The van der Waals surface area contributed by atoms with Crippen molar-refractivity contribution in [1.29, 1.82) is 0 Å². The molecule has 2 heterocycles. The highest BCUT2D eigenvalue weighted by atomic mass is 32.2. The van der Waals surface area contributed by atoms with Crippen LogP contribution >= 0.6 is 11.3 Å². The summed E-state index contributed by atoms with van der Waals surface area (Å²) in [5, 5.41) is 6.12. The second-order valence-corrected chi connectivity index (χ2v) is 8.92. The molecular formula is C21H16N4O3S2. The highest BCUT2D eigenvalue weighted by molar-refractivity contribution is 7.89. The number of fused-ring (bicyclic) bond motifs is 1. The molecule has 4 rings (SSSR count). The Balaban J connectivity index is 1.49. The number of terminal acetylenes is 1. The third-order valence-electron chi connectivity index (χ3n) is 4.38. The van der Waals surface area contributed by atoms with E-state index in [1.165, 1.54) is 35.6 Å². The Bertz CT molecular complexity index is 1360. The Morgan fingerprint density at radius 3 is 2.70 bits per heavy atom. The lowest BCUT2D eigenvalue weighted by Crippen LogP contribution is -2.24. The minimum Gasteiger partial charge on any atom is -0.360 e. The summed E-state index contributed by atoms with van der Waals surface area (Å²) in [6.45, 7) is -0.104. The van der Waals surface area contributed by atoms with Crippen molar-refractivity contribution >= 4 is 43.3 Å². The Labute approximate surface area is 177 Å². The second kappa shape index (κ2) is 8.12. The first-order chi connectivity index (χ1) is 14.5.